The summed E-state index contributed by atoms with van der Waals surface area (Å²) in [7, 11) is 3.36. The molecule has 24 heavy (non-hydrogen) atoms. The van der Waals surface area contributed by atoms with Crippen molar-refractivity contribution < 1.29 is 14.2 Å². The summed E-state index contributed by atoms with van der Waals surface area (Å²) >= 11 is 0. The molecule has 1 rings (SSSR count). The fourth-order valence-corrected chi connectivity index (χ4v) is 2.11. The van der Waals surface area contributed by atoms with Crippen LogP contribution in [0.25, 0.3) is 0 Å². The fraction of sp³-hybridized carbons (Fsp3) is 0.611. The van der Waals surface area contributed by atoms with E-state index in [1.54, 1.807) is 14.2 Å². The first-order valence-electron chi connectivity index (χ1n) is 8.44. The Morgan fingerprint density at radius 3 is 2.58 bits per heavy atom. The van der Waals surface area contributed by atoms with E-state index in [2.05, 4.69) is 29.5 Å². The van der Waals surface area contributed by atoms with Crippen LogP contribution in [-0.2, 0) is 16.1 Å². The van der Waals surface area contributed by atoms with Crippen LogP contribution in [0.15, 0.2) is 29.3 Å². The van der Waals surface area contributed by atoms with E-state index in [4.69, 9.17) is 14.2 Å². The largest absolute Gasteiger partial charge is 0.497 e. The second-order valence-electron chi connectivity index (χ2n) is 5.52. The van der Waals surface area contributed by atoms with E-state index in [0.717, 1.165) is 36.8 Å². The summed E-state index contributed by atoms with van der Waals surface area (Å²) in [6.45, 7) is 7.61. The molecule has 1 aromatic carbocycles. The Labute approximate surface area is 145 Å². The third kappa shape index (κ3) is 8.74. The zero-order valence-electron chi connectivity index (χ0n) is 15.3. The third-order valence-electron chi connectivity index (χ3n) is 3.29. The third-order valence-corrected chi connectivity index (χ3v) is 3.29. The highest BCUT2D eigenvalue weighted by molar-refractivity contribution is 5.80. The van der Waals surface area contributed by atoms with Crippen LogP contribution in [0.1, 0.15) is 25.8 Å². The smallest absolute Gasteiger partial charge is 0.191 e. The van der Waals surface area contributed by atoms with E-state index in [1.807, 2.05) is 24.3 Å². The summed E-state index contributed by atoms with van der Waals surface area (Å²) in [5.74, 6) is 1.68. The van der Waals surface area contributed by atoms with Gasteiger partial charge in [-0.25, -0.2) is 0 Å². The zero-order chi connectivity index (χ0) is 17.6. The molecule has 0 amide bonds. The molecule has 1 unspecified atom stereocenters. The maximum Gasteiger partial charge on any atom is 0.191 e. The Hall–Kier alpha value is -1.79. The van der Waals surface area contributed by atoms with Gasteiger partial charge in [-0.3, -0.25) is 4.99 Å². The number of rotatable bonds is 11. The highest BCUT2D eigenvalue weighted by Gasteiger charge is 2.03. The van der Waals surface area contributed by atoms with Gasteiger partial charge in [-0.15, -0.1) is 0 Å². The zero-order valence-corrected chi connectivity index (χ0v) is 15.3. The first kappa shape index (κ1) is 20.3. The molecule has 0 bridgehead atoms. The number of ether oxygens (including phenoxy) is 3. The maximum absolute atomic E-state index is 5.68. The minimum Gasteiger partial charge on any atom is -0.497 e. The van der Waals surface area contributed by atoms with Crippen LogP contribution in [-0.4, -0.2) is 52.5 Å². The van der Waals surface area contributed by atoms with Gasteiger partial charge in [0.15, 0.2) is 5.96 Å². The van der Waals surface area contributed by atoms with Crippen molar-refractivity contribution in [1.82, 2.24) is 10.6 Å². The van der Waals surface area contributed by atoms with Gasteiger partial charge in [-0.1, -0.05) is 12.1 Å². The summed E-state index contributed by atoms with van der Waals surface area (Å²) in [6, 6.07) is 8.14. The van der Waals surface area contributed by atoms with Gasteiger partial charge in [0.25, 0.3) is 0 Å². The molecule has 0 radical (unpaired) electrons. The van der Waals surface area contributed by atoms with Gasteiger partial charge in [0.05, 0.1) is 20.3 Å². The van der Waals surface area contributed by atoms with Crippen LogP contribution in [0.4, 0.5) is 0 Å². The predicted octanol–water partition coefficient (Wildman–Crippen LogP) is 2.19. The average molecular weight is 337 g/mol. The van der Waals surface area contributed by atoms with Crippen LogP contribution in [0, 0.1) is 0 Å². The molecule has 2 N–H and O–H groups in total. The van der Waals surface area contributed by atoms with Crippen molar-refractivity contribution in [3.05, 3.63) is 29.8 Å². The Bertz CT molecular complexity index is 463. The van der Waals surface area contributed by atoms with Gasteiger partial charge in [0.1, 0.15) is 5.75 Å². The van der Waals surface area contributed by atoms with Gasteiger partial charge in [0.2, 0.25) is 0 Å². The number of hydrogen-bond donors (Lipinski definition) is 2. The van der Waals surface area contributed by atoms with Crippen molar-refractivity contribution in [2.24, 2.45) is 4.99 Å². The Balaban J connectivity index is 2.23. The van der Waals surface area contributed by atoms with E-state index in [9.17, 15) is 0 Å². The number of nitrogens with one attached hydrogen (secondary N) is 2. The number of aliphatic imine (C=N–C) groups is 1. The quantitative estimate of drug-likeness (QED) is 0.368. The monoisotopic (exact) mass is 337 g/mol. The summed E-state index contributed by atoms with van der Waals surface area (Å²) in [5, 5.41) is 6.54. The summed E-state index contributed by atoms with van der Waals surface area (Å²) < 4.78 is 15.9. The molecule has 6 heteroatoms. The van der Waals surface area contributed by atoms with Gasteiger partial charge >= 0.3 is 0 Å². The highest BCUT2D eigenvalue weighted by Crippen LogP contribution is 2.11. The molecule has 0 saturated carbocycles. The Morgan fingerprint density at radius 1 is 1.21 bits per heavy atom. The van der Waals surface area contributed by atoms with Gasteiger partial charge in [-0.05, 0) is 38.0 Å². The van der Waals surface area contributed by atoms with Crippen molar-refractivity contribution in [3.8, 4) is 5.75 Å². The lowest BCUT2D eigenvalue weighted by molar-refractivity contribution is 0.120. The molecule has 1 atom stereocenters. The molecule has 0 heterocycles. The SMILES string of the molecule is CCNC(=NCCCOCc1ccc(OC)cc1)NC(C)COC. The summed E-state index contributed by atoms with van der Waals surface area (Å²) in [4.78, 5) is 4.55. The summed E-state index contributed by atoms with van der Waals surface area (Å²) in [5.41, 5.74) is 1.14. The van der Waals surface area contributed by atoms with Crippen LogP contribution in [0.2, 0.25) is 0 Å². The number of hydrogen-bond acceptors (Lipinski definition) is 4. The standard InChI is InChI=1S/C18H31N3O3/c1-5-19-18(21-15(2)13-22-3)20-11-6-12-24-14-16-7-9-17(23-4)10-8-16/h7-10,15H,5-6,11-14H2,1-4H3,(H2,19,20,21). The van der Waals surface area contributed by atoms with Crippen molar-refractivity contribution in [2.75, 3.05) is 40.5 Å². The number of nitrogens with zero attached hydrogens (tertiary/aromatic N) is 1. The van der Waals surface area contributed by atoms with Crippen molar-refractivity contribution in [3.63, 3.8) is 0 Å². The van der Waals surface area contributed by atoms with Crippen LogP contribution < -0.4 is 15.4 Å². The molecule has 0 saturated heterocycles. The lowest BCUT2D eigenvalue weighted by atomic mass is 10.2. The molecule has 6 nitrogen and oxygen atoms in total. The number of benzene rings is 1. The van der Waals surface area contributed by atoms with E-state index < -0.39 is 0 Å². The average Bonchev–Trinajstić information content (AvgIpc) is 2.58. The van der Waals surface area contributed by atoms with Gasteiger partial charge in [0, 0.05) is 32.8 Å². The second-order valence-corrected chi connectivity index (χ2v) is 5.52. The molecule has 0 aliphatic carbocycles. The van der Waals surface area contributed by atoms with Crippen molar-refractivity contribution in [2.45, 2.75) is 32.9 Å². The van der Waals surface area contributed by atoms with E-state index in [-0.39, 0.29) is 6.04 Å². The fourth-order valence-electron chi connectivity index (χ4n) is 2.11. The summed E-state index contributed by atoms with van der Waals surface area (Å²) in [6.07, 6.45) is 0.880. The van der Waals surface area contributed by atoms with Crippen LogP contribution in [0.5, 0.6) is 5.75 Å². The molecule has 0 aliphatic heterocycles. The molecule has 0 spiro atoms. The molecule has 0 aromatic heterocycles. The first-order chi connectivity index (χ1) is 11.7. The number of methoxy groups -OCH3 is 2. The Morgan fingerprint density at radius 2 is 1.96 bits per heavy atom. The maximum atomic E-state index is 5.68. The van der Waals surface area contributed by atoms with Crippen LogP contribution in [0.3, 0.4) is 0 Å². The predicted molar refractivity (Wildman–Crippen MR) is 97.7 cm³/mol. The molecular weight excluding hydrogens is 306 g/mol. The normalized spacial score (nSPS) is 12.8. The minimum atomic E-state index is 0.221. The topological polar surface area (TPSA) is 64.1 Å². The van der Waals surface area contributed by atoms with Gasteiger partial charge in [-0.2, -0.15) is 0 Å². The lowest BCUT2D eigenvalue weighted by Gasteiger charge is -2.16. The highest BCUT2D eigenvalue weighted by atomic mass is 16.5. The Kier molecular flexibility index (Phi) is 10.6. The minimum absolute atomic E-state index is 0.221. The lowest BCUT2D eigenvalue weighted by Crippen LogP contribution is -2.44. The first-order valence-corrected chi connectivity index (χ1v) is 8.44. The van der Waals surface area contributed by atoms with Gasteiger partial charge < -0.3 is 24.8 Å². The van der Waals surface area contributed by atoms with Crippen LogP contribution >= 0.6 is 0 Å². The number of guanidine groups is 1. The molecule has 1 aromatic rings. The van der Waals surface area contributed by atoms with E-state index in [0.29, 0.717) is 19.8 Å². The molecular formula is C18H31N3O3. The van der Waals surface area contributed by atoms with Crippen molar-refractivity contribution >= 4 is 5.96 Å². The van der Waals surface area contributed by atoms with E-state index >= 15 is 0 Å². The second kappa shape index (κ2) is 12.6. The van der Waals surface area contributed by atoms with Crippen molar-refractivity contribution in [1.29, 1.82) is 0 Å². The molecule has 0 fully saturated rings. The van der Waals surface area contributed by atoms with E-state index in [1.165, 1.54) is 0 Å². The molecule has 0 aliphatic rings. The molecule has 136 valence electrons.